The number of rotatable bonds is 6. The summed E-state index contributed by atoms with van der Waals surface area (Å²) in [5.74, 6) is 1.27. The van der Waals surface area contributed by atoms with E-state index in [1.54, 1.807) is 16.0 Å². The molecule has 2 aromatic carbocycles. The lowest BCUT2D eigenvalue weighted by Crippen LogP contribution is -2.40. The number of para-hydroxylation sites is 1. The van der Waals surface area contributed by atoms with Crippen LogP contribution in [0.15, 0.2) is 71.6 Å². The summed E-state index contributed by atoms with van der Waals surface area (Å²) in [6.45, 7) is 9.93. The van der Waals surface area contributed by atoms with Gasteiger partial charge in [-0.1, -0.05) is 56.7 Å². The Hall–Kier alpha value is -4.17. The molecule has 8 heteroatoms. The van der Waals surface area contributed by atoms with Crippen LogP contribution in [0.25, 0.3) is 11.8 Å². The zero-order valence-electron chi connectivity index (χ0n) is 26.0. The number of urea groups is 1. The first-order valence-corrected chi connectivity index (χ1v) is 16.4. The van der Waals surface area contributed by atoms with Crippen LogP contribution in [0.1, 0.15) is 67.3 Å². The molecule has 0 spiro atoms. The Labute approximate surface area is 264 Å². The number of hydrogen-bond donors (Lipinski definition) is 2. The van der Waals surface area contributed by atoms with Crippen LogP contribution in [-0.2, 0) is 23.1 Å². The van der Waals surface area contributed by atoms with Gasteiger partial charge in [-0.25, -0.2) is 9.48 Å². The molecule has 2 aliphatic rings. The van der Waals surface area contributed by atoms with Crippen molar-refractivity contribution in [3.8, 4) is 5.69 Å². The highest BCUT2D eigenvalue weighted by Gasteiger charge is 2.27. The summed E-state index contributed by atoms with van der Waals surface area (Å²) in [6, 6.07) is 19.9. The smallest absolute Gasteiger partial charge is 0.324 e. The maximum atomic E-state index is 13.3. The first kappa shape index (κ1) is 29.9. The molecule has 228 valence electrons. The molecule has 4 aromatic rings. The summed E-state index contributed by atoms with van der Waals surface area (Å²) in [5.41, 5.74) is 7.00. The molecule has 0 atom stereocenters. The molecule has 0 bridgehead atoms. The number of benzene rings is 2. The van der Waals surface area contributed by atoms with Crippen molar-refractivity contribution in [2.75, 3.05) is 23.7 Å². The Kier molecular flexibility index (Phi) is 8.45. The zero-order chi connectivity index (χ0) is 30.8. The lowest BCUT2D eigenvalue weighted by atomic mass is 9.89. The van der Waals surface area contributed by atoms with E-state index in [0.717, 1.165) is 79.0 Å². The third-order valence-electron chi connectivity index (χ3n) is 8.70. The quantitative estimate of drug-likeness (QED) is 0.233. The van der Waals surface area contributed by atoms with Gasteiger partial charge >= 0.3 is 6.03 Å². The van der Waals surface area contributed by atoms with Gasteiger partial charge in [0.2, 0.25) is 5.91 Å². The lowest BCUT2D eigenvalue weighted by Gasteiger charge is -2.33. The number of likely N-dealkylation sites (tertiary alicyclic amines) is 1. The van der Waals surface area contributed by atoms with Gasteiger partial charge in [-0.3, -0.25) is 10.1 Å². The van der Waals surface area contributed by atoms with Crippen LogP contribution in [0.3, 0.4) is 0 Å². The highest BCUT2D eigenvalue weighted by molar-refractivity contribution is 7.11. The SMILES string of the molecule is Cc1ccc(-n2nc(C(C)(C)C)cc2NC(=O)Nc2ccccc2CC2CCN(C(=O)C3=Cc4sccc4CC3)CC2)cc1. The van der Waals surface area contributed by atoms with E-state index < -0.39 is 0 Å². The number of amides is 3. The number of fused-ring (bicyclic) bond motifs is 1. The summed E-state index contributed by atoms with van der Waals surface area (Å²) < 4.78 is 1.79. The maximum Gasteiger partial charge on any atom is 0.324 e. The van der Waals surface area contributed by atoms with Crippen molar-refractivity contribution in [1.29, 1.82) is 0 Å². The normalized spacial score (nSPS) is 15.5. The molecule has 3 amide bonds. The first-order chi connectivity index (χ1) is 21.1. The van der Waals surface area contributed by atoms with Crippen LogP contribution < -0.4 is 10.6 Å². The summed E-state index contributed by atoms with van der Waals surface area (Å²) in [6.07, 6.45) is 6.64. The molecule has 1 aliphatic carbocycles. The van der Waals surface area contributed by atoms with Crippen LogP contribution in [0.5, 0.6) is 0 Å². The lowest BCUT2D eigenvalue weighted by molar-refractivity contribution is -0.128. The van der Waals surface area contributed by atoms with Gasteiger partial charge in [-0.2, -0.15) is 5.10 Å². The number of nitrogens with one attached hydrogen (secondary N) is 2. The van der Waals surface area contributed by atoms with E-state index in [0.29, 0.717) is 11.7 Å². The van der Waals surface area contributed by atoms with Crippen LogP contribution in [0.4, 0.5) is 16.3 Å². The predicted molar refractivity (Wildman–Crippen MR) is 180 cm³/mol. The average molecular weight is 608 g/mol. The molecule has 1 saturated heterocycles. The molecule has 0 unspecified atom stereocenters. The number of piperidine rings is 1. The second kappa shape index (κ2) is 12.4. The maximum absolute atomic E-state index is 13.3. The molecule has 2 aromatic heterocycles. The number of carbonyl (C=O) groups excluding carboxylic acids is 2. The second-order valence-corrected chi connectivity index (χ2v) is 14.0. The number of hydrogen-bond acceptors (Lipinski definition) is 4. The summed E-state index contributed by atoms with van der Waals surface area (Å²) >= 11 is 1.72. The molecule has 1 aliphatic heterocycles. The van der Waals surface area contributed by atoms with Crippen molar-refractivity contribution in [3.63, 3.8) is 0 Å². The minimum atomic E-state index is -0.304. The van der Waals surface area contributed by atoms with Crippen molar-refractivity contribution in [3.05, 3.63) is 98.9 Å². The van der Waals surface area contributed by atoms with Crippen LogP contribution >= 0.6 is 11.3 Å². The van der Waals surface area contributed by atoms with Gasteiger partial charge in [0.15, 0.2) is 0 Å². The molecule has 3 heterocycles. The van der Waals surface area contributed by atoms with Crippen molar-refractivity contribution in [1.82, 2.24) is 14.7 Å². The van der Waals surface area contributed by atoms with Gasteiger partial charge in [0.25, 0.3) is 0 Å². The minimum Gasteiger partial charge on any atom is -0.339 e. The number of anilines is 2. The van der Waals surface area contributed by atoms with Gasteiger partial charge in [-0.05, 0) is 91.8 Å². The van der Waals surface area contributed by atoms with Crippen molar-refractivity contribution in [2.24, 2.45) is 5.92 Å². The summed E-state index contributed by atoms with van der Waals surface area (Å²) in [4.78, 5) is 29.9. The van der Waals surface area contributed by atoms with Crippen molar-refractivity contribution < 1.29 is 9.59 Å². The average Bonchev–Trinajstić information content (AvgIpc) is 3.66. The summed E-state index contributed by atoms with van der Waals surface area (Å²) in [7, 11) is 0. The largest absolute Gasteiger partial charge is 0.339 e. The molecule has 6 rings (SSSR count). The van der Waals surface area contributed by atoms with E-state index >= 15 is 0 Å². The van der Waals surface area contributed by atoms with E-state index in [4.69, 9.17) is 5.10 Å². The molecule has 7 nitrogen and oxygen atoms in total. The molecule has 0 saturated carbocycles. The Morgan fingerprint density at radius 3 is 2.48 bits per heavy atom. The summed E-state index contributed by atoms with van der Waals surface area (Å²) in [5, 5.41) is 13.1. The highest BCUT2D eigenvalue weighted by atomic mass is 32.1. The van der Waals surface area contributed by atoms with E-state index in [2.05, 4.69) is 61.9 Å². The third-order valence-corrected chi connectivity index (χ3v) is 9.60. The molecule has 0 radical (unpaired) electrons. The first-order valence-electron chi connectivity index (χ1n) is 15.5. The van der Waals surface area contributed by atoms with Crippen molar-refractivity contribution >= 4 is 40.9 Å². The van der Waals surface area contributed by atoms with Gasteiger partial charge in [0.05, 0.1) is 11.4 Å². The van der Waals surface area contributed by atoms with Crippen LogP contribution in [-0.4, -0.2) is 39.7 Å². The predicted octanol–water partition coefficient (Wildman–Crippen LogP) is 7.99. The van der Waals surface area contributed by atoms with E-state index in [-0.39, 0.29) is 17.4 Å². The van der Waals surface area contributed by atoms with E-state index in [1.165, 1.54) is 10.4 Å². The Morgan fingerprint density at radius 1 is 0.977 bits per heavy atom. The monoisotopic (exact) mass is 607 g/mol. The van der Waals surface area contributed by atoms with Crippen LogP contribution in [0.2, 0.25) is 0 Å². The van der Waals surface area contributed by atoms with Gasteiger partial charge in [0, 0.05) is 40.7 Å². The topological polar surface area (TPSA) is 79.3 Å². The number of carbonyl (C=O) groups is 2. The van der Waals surface area contributed by atoms with E-state index in [9.17, 15) is 9.59 Å². The standard InChI is InChI=1S/C36H41N5O2S/c1-24-9-13-29(14-10-24)41-33(23-32(39-41)36(2,3)4)38-35(43)37-30-8-6-5-7-27(30)21-25-15-18-40(19-16-25)34(42)28-12-11-26-17-20-44-31(26)22-28/h5-10,13-14,17,20,22-23,25H,11-12,15-16,18-19,21H2,1-4H3,(H2,37,38,43). The highest BCUT2D eigenvalue weighted by Crippen LogP contribution is 2.32. The van der Waals surface area contributed by atoms with Crippen LogP contribution in [0, 0.1) is 12.8 Å². The minimum absolute atomic E-state index is 0.170. The van der Waals surface area contributed by atoms with E-state index in [1.807, 2.05) is 53.4 Å². The number of nitrogens with zero attached hydrogens (tertiary/aromatic N) is 3. The number of thiophene rings is 1. The van der Waals surface area contributed by atoms with Gasteiger partial charge in [-0.15, -0.1) is 11.3 Å². The fourth-order valence-corrected chi connectivity index (χ4v) is 6.92. The number of aromatic nitrogens is 2. The molecular weight excluding hydrogens is 566 g/mol. The fraction of sp³-hybridized carbons (Fsp3) is 0.361. The van der Waals surface area contributed by atoms with Gasteiger partial charge < -0.3 is 10.2 Å². The van der Waals surface area contributed by atoms with Gasteiger partial charge in [0.1, 0.15) is 5.82 Å². The third kappa shape index (κ3) is 6.65. The fourth-order valence-electron chi connectivity index (χ4n) is 6.01. The number of aryl methyl sites for hydroxylation is 2. The Morgan fingerprint density at radius 2 is 1.73 bits per heavy atom. The Balaban J connectivity index is 1.09. The van der Waals surface area contributed by atoms with Crippen molar-refractivity contribution in [2.45, 2.75) is 65.2 Å². The molecule has 2 N–H and O–H groups in total. The second-order valence-electron chi connectivity index (χ2n) is 13.1. The molecule has 1 fully saturated rings. The zero-order valence-corrected chi connectivity index (χ0v) is 26.8. The molecular formula is C36H41N5O2S. The Bertz CT molecular complexity index is 1680. The molecule has 44 heavy (non-hydrogen) atoms.